The maximum absolute atomic E-state index is 12.9. The van der Waals surface area contributed by atoms with Gasteiger partial charge in [-0.05, 0) is 50.7 Å². The number of ether oxygens (including phenoxy) is 1. The van der Waals surface area contributed by atoms with Gasteiger partial charge in [-0.3, -0.25) is 4.79 Å². The third kappa shape index (κ3) is 4.13. The Morgan fingerprint density at radius 3 is 2.74 bits per heavy atom. The molecule has 4 heterocycles. The Balaban J connectivity index is 1.19. The topological polar surface area (TPSA) is 63.1 Å². The van der Waals surface area contributed by atoms with E-state index < -0.39 is 0 Å². The van der Waals surface area contributed by atoms with Crippen molar-refractivity contribution < 1.29 is 9.53 Å². The number of nitrogens with one attached hydrogen (secondary N) is 1. The van der Waals surface area contributed by atoms with Crippen molar-refractivity contribution in [1.82, 2.24) is 19.4 Å². The number of carbonyl (C=O) groups is 1. The molecule has 164 valence electrons. The summed E-state index contributed by atoms with van der Waals surface area (Å²) in [5.41, 5.74) is 3.61. The van der Waals surface area contributed by atoms with Crippen LogP contribution in [0.5, 0.6) is 0 Å². The summed E-state index contributed by atoms with van der Waals surface area (Å²) in [4.78, 5) is 23.0. The highest BCUT2D eigenvalue weighted by molar-refractivity contribution is 5.84. The van der Waals surface area contributed by atoms with Gasteiger partial charge in [-0.15, -0.1) is 0 Å². The molecule has 1 N–H and O–H groups in total. The van der Waals surface area contributed by atoms with Gasteiger partial charge in [-0.1, -0.05) is 18.2 Å². The number of hydrogen-bond donors (Lipinski definition) is 1. The highest BCUT2D eigenvalue weighted by Gasteiger charge is 2.29. The van der Waals surface area contributed by atoms with Gasteiger partial charge in [0.15, 0.2) is 0 Å². The van der Waals surface area contributed by atoms with E-state index in [2.05, 4.69) is 39.6 Å². The summed E-state index contributed by atoms with van der Waals surface area (Å²) in [6.45, 7) is 5.50. The Morgan fingerprint density at radius 2 is 1.94 bits per heavy atom. The third-order valence-electron chi connectivity index (χ3n) is 7.06. The molecule has 2 saturated heterocycles. The number of nitrogens with zero attached hydrogens (tertiary/aromatic N) is 3. The van der Waals surface area contributed by atoms with E-state index in [0.717, 1.165) is 63.9 Å². The van der Waals surface area contributed by atoms with Crippen LogP contribution in [0, 0.1) is 6.92 Å². The second-order valence-corrected chi connectivity index (χ2v) is 8.99. The number of amides is 1. The predicted octanol–water partition coefficient (Wildman–Crippen LogP) is 4.36. The lowest BCUT2D eigenvalue weighted by Gasteiger charge is -2.35. The molecule has 2 fully saturated rings. The van der Waals surface area contributed by atoms with Crippen molar-refractivity contribution in [3.05, 3.63) is 53.7 Å². The van der Waals surface area contributed by atoms with Crippen molar-refractivity contribution in [3.8, 4) is 0 Å². The van der Waals surface area contributed by atoms with E-state index in [4.69, 9.17) is 9.72 Å². The van der Waals surface area contributed by atoms with E-state index in [0.29, 0.717) is 18.4 Å². The van der Waals surface area contributed by atoms with Crippen LogP contribution in [0.4, 0.5) is 0 Å². The molecule has 3 aromatic rings. The zero-order chi connectivity index (χ0) is 21.2. The number of para-hydroxylation sites is 1. The molecule has 2 aliphatic heterocycles. The van der Waals surface area contributed by atoms with Crippen LogP contribution in [0.25, 0.3) is 10.9 Å². The Hall–Kier alpha value is -2.60. The van der Waals surface area contributed by atoms with Gasteiger partial charge in [0.05, 0.1) is 0 Å². The first-order valence-corrected chi connectivity index (χ1v) is 11.6. The van der Waals surface area contributed by atoms with Gasteiger partial charge in [0.2, 0.25) is 5.91 Å². The van der Waals surface area contributed by atoms with E-state index in [1.54, 1.807) is 0 Å². The maximum Gasteiger partial charge on any atom is 0.222 e. The van der Waals surface area contributed by atoms with Crippen LogP contribution < -0.4 is 0 Å². The van der Waals surface area contributed by atoms with Gasteiger partial charge in [-0.2, -0.15) is 0 Å². The molecule has 0 unspecified atom stereocenters. The minimum Gasteiger partial charge on any atom is -0.381 e. The fraction of sp³-hybridized carbons (Fsp3) is 0.520. The van der Waals surface area contributed by atoms with Gasteiger partial charge in [0, 0.05) is 73.7 Å². The Kier molecular flexibility index (Phi) is 5.81. The third-order valence-corrected chi connectivity index (χ3v) is 7.06. The average molecular weight is 421 g/mol. The lowest BCUT2D eigenvalue weighted by Crippen LogP contribution is -2.39. The molecule has 0 radical (unpaired) electrons. The first kappa shape index (κ1) is 20.3. The highest BCUT2D eigenvalue weighted by atomic mass is 16.5. The number of likely N-dealkylation sites (tertiary alicyclic amines) is 1. The maximum atomic E-state index is 12.9. The number of carbonyl (C=O) groups excluding carboxylic acids is 1. The van der Waals surface area contributed by atoms with Crippen LogP contribution in [0.15, 0.2) is 36.7 Å². The zero-order valence-electron chi connectivity index (χ0n) is 18.3. The van der Waals surface area contributed by atoms with Gasteiger partial charge >= 0.3 is 0 Å². The largest absolute Gasteiger partial charge is 0.381 e. The van der Waals surface area contributed by atoms with E-state index in [1.165, 1.54) is 22.5 Å². The van der Waals surface area contributed by atoms with E-state index in [-0.39, 0.29) is 5.91 Å². The lowest BCUT2D eigenvalue weighted by atomic mass is 9.97. The standard InChI is InChI=1S/C25H32N4O2/c1-18-16-27-25(19-10-14-31-15-11-19)29(18)21-8-12-28(13-9-21)24(30)7-6-20-17-26-23-5-3-2-4-22(20)23/h2-5,16-17,19,21,26H,6-15H2,1H3. The second kappa shape index (κ2) is 8.87. The number of aromatic amines is 1. The number of imidazole rings is 1. The molecule has 6 heteroatoms. The summed E-state index contributed by atoms with van der Waals surface area (Å²) >= 11 is 0. The fourth-order valence-corrected chi connectivity index (χ4v) is 5.31. The minimum atomic E-state index is 0.274. The number of fused-ring (bicyclic) bond motifs is 1. The number of piperidine rings is 1. The Labute approximate surface area is 183 Å². The van der Waals surface area contributed by atoms with Gasteiger partial charge in [0.1, 0.15) is 5.82 Å². The molecule has 5 rings (SSSR count). The summed E-state index contributed by atoms with van der Waals surface area (Å²) in [6, 6.07) is 8.74. The fourth-order valence-electron chi connectivity index (χ4n) is 5.31. The van der Waals surface area contributed by atoms with Crippen molar-refractivity contribution in [2.45, 2.75) is 57.4 Å². The number of aryl methyl sites for hydroxylation is 2. The molecule has 6 nitrogen and oxygen atoms in total. The molecule has 0 aliphatic carbocycles. The molecule has 2 aliphatic rings. The van der Waals surface area contributed by atoms with E-state index >= 15 is 0 Å². The predicted molar refractivity (Wildman–Crippen MR) is 121 cm³/mol. The second-order valence-electron chi connectivity index (χ2n) is 8.99. The van der Waals surface area contributed by atoms with Gasteiger partial charge in [0.25, 0.3) is 0 Å². The molecule has 0 spiro atoms. The number of H-pyrrole nitrogens is 1. The van der Waals surface area contributed by atoms with Crippen molar-refractivity contribution in [3.63, 3.8) is 0 Å². The molecule has 0 bridgehead atoms. The number of aromatic nitrogens is 3. The molecule has 1 aromatic carbocycles. The van der Waals surface area contributed by atoms with Crippen LogP contribution >= 0.6 is 0 Å². The van der Waals surface area contributed by atoms with Crippen molar-refractivity contribution in [2.75, 3.05) is 26.3 Å². The van der Waals surface area contributed by atoms with Crippen LogP contribution in [0.3, 0.4) is 0 Å². The molecule has 0 atom stereocenters. The zero-order valence-corrected chi connectivity index (χ0v) is 18.3. The number of hydrogen-bond acceptors (Lipinski definition) is 3. The van der Waals surface area contributed by atoms with Crippen molar-refractivity contribution in [1.29, 1.82) is 0 Å². The van der Waals surface area contributed by atoms with Crippen molar-refractivity contribution in [2.24, 2.45) is 0 Å². The Morgan fingerprint density at radius 1 is 1.16 bits per heavy atom. The van der Waals surface area contributed by atoms with Crippen LogP contribution in [0.2, 0.25) is 0 Å². The first-order chi connectivity index (χ1) is 15.2. The molecule has 1 amide bonds. The highest BCUT2D eigenvalue weighted by Crippen LogP contribution is 2.32. The summed E-state index contributed by atoms with van der Waals surface area (Å²) < 4.78 is 8.01. The quantitative estimate of drug-likeness (QED) is 0.667. The molecule has 0 saturated carbocycles. The van der Waals surface area contributed by atoms with Crippen molar-refractivity contribution >= 4 is 16.8 Å². The normalized spacial score (nSPS) is 18.7. The van der Waals surface area contributed by atoms with Crippen LogP contribution in [-0.4, -0.2) is 51.6 Å². The Bertz CT molecular complexity index is 1040. The van der Waals surface area contributed by atoms with Gasteiger partial charge in [-0.25, -0.2) is 4.98 Å². The lowest BCUT2D eigenvalue weighted by molar-refractivity contribution is -0.132. The summed E-state index contributed by atoms with van der Waals surface area (Å²) in [7, 11) is 0. The average Bonchev–Trinajstić information content (AvgIpc) is 3.41. The summed E-state index contributed by atoms with van der Waals surface area (Å²) in [5.74, 6) is 2.00. The summed E-state index contributed by atoms with van der Waals surface area (Å²) in [6.07, 6.45) is 9.55. The van der Waals surface area contributed by atoms with Crippen LogP contribution in [-0.2, 0) is 16.0 Å². The molecule has 2 aromatic heterocycles. The van der Waals surface area contributed by atoms with Gasteiger partial charge < -0.3 is 19.2 Å². The van der Waals surface area contributed by atoms with E-state index in [9.17, 15) is 4.79 Å². The molecular formula is C25H32N4O2. The molecular weight excluding hydrogens is 388 g/mol. The summed E-state index contributed by atoms with van der Waals surface area (Å²) in [5, 5.41) is 1.23. The number of benzene rings is 1. The first-order valence-electron chi connectivity index (χ1n) is 11.6. The van der Waals surface area contributed by atoms with E-state index in [1.807, 2.05) is 18.5 Å². The smallest absolute Gasteiger partial charge is 0.222 e. The SMILES string of the molecule is Cc1cnc(C2CCOCC2)n1C1CCN(C(=O)CCc2c[nH]c3ccccc23)CC1. The minimum absolute atomic E-state index is 0.274. The van der Waals surface area contributed by atoms with Crippen LogP contribution in [0.1, 0.15) is 61.1 Å². The monoisotopic (exact) mass is 420 g/mol. The molecule has 31 heavy (non-hydrogen) atoms. The number of rotatable bonds is 5.